The van der Waals surface area contributed by atoms with Crippen molar-refractivity contribution in [3.05, 3.63) is 17.0 Å². The van der Waals surface area contributed by atoms with Gasteiger partial charge in [-0.2, -0.15) is 4.98 Å². The van der Waals surface area contributed by atoms with E-state index in [1.165, 1.54) is 31.0 Å². The summed E-state index contributed by atoms with van der Waals surface area (Å²) in [6.07, 6.45) is 8.21. The van der Waals surface area contributed by atoms with E-state index in [9.17, 15) is 4.79 Å². The number of aromatic nitrogens is 4. The molecule has 0 unspecified atom stereocenters. The maximum Gasteiger partial charge on any atom is 0.253 e. The number of fused-ring (bicyclic) bond motifs is 1. The van der Waals surface area contributed by atoms with Crippen molar-refractivity contribution in [1.82, 2.24) is 24.9 Å². The van der Waals surface area contributed by atoms with Crippen LogP contribution in [0.25, 0.3) is 5.78 Å². The van der Waals surface area contributed by atoms with Crippen LogP contribution in [0.2, 0.25) is 0 Å². The second-order valence-corrected chi connectivity index (χ2v) is 6.92. The molecule has 0 saturated heterocycles. The molecular formula is C16H23N5OS. The fourth-order valence-electron chi connectivity index (χ4n) is 3.22. The van der Waals surface area contributed by atoms with Gasteiger partial charge in [-0.25, -0.2) is 9.50 Å². The van der Waals surface area contributed by atoms with E-state index in [1.54, 1.807) is 4.52 Å². The molecule has 124 valence electrons. The summed E-state index contributed by atoms with van der Waals surface area (Å²) in [6, 6.07) is 0.336. The van der Waals surface area contributed by atoms with E-state index in [1.807, 2.05) is 20.1 Å². The summed E-state index contributed by atoms with van der Waals surface area (Å²) in [5, 5.41) is 8.30. The number of amides is 1. The average Bonchev–Trinajstić information content (AvgIpc) is 2.95. The van der Waals surface area contributed by atoms with Crippen LogP contribution in [-0.2, 0) is 11.2 Å². The zero-order valence-electron chi connectivity index (χ0n) is 13.9. The van der Waals surface area contributed by atoms with Crippen LogP contribution in [-0.4, -0.2) is 37.8 Å². The third kappa shape index (κ3) is 3.49. The van der Waals surface area contributed by atoms with Crippen molar-refractivity contribution in [2.45, 2.75) is 63.6 Å². The molecule has 6 nitrogen and oxygen atoms in total. The van der Waals surface area contributed by atoms with Crippen molar-refractivity contribution in [2.75, 3.05) is 6.26 Å². The Morgan fingerprint density at radius 3 is 2.70 bits per heavy atom. The normalized spacial score (nSPS) is 16.0. The Bertz CT molecular complexity index is 721. The number of nitrogens with zero attached hydrogens (tertiary/aromatic N) is 4. The number of hydrogen-bond donors (Lipinski definition) is 1. The number of thioether (sulfide) groups is 1. The van der Waals surface area contributed by atoms with Gasteiger partial charge in [0.25, 0.3) is 5.78 Å². The first-order valence-corrected chi connectivity index (χ1v) is 9.37. The monoisotopic (exact) mass is 333 g/mol. The highest BCUT2D eigenvalue weighted by Gasteiger charge is 2.19. The largest absolute Gasteiger partial charge is 0.353 e. The standard InChI is InChI=1S/C16H23N5OS/c1-10-13(9-14(22)18-12-7-5-4-6-8-12)11(2)21-15(17-10)19-16(20-21)23-3/h12H,4-9H2,1-3H3,(H,18,22). The lowest BCUT2D eigenvalue weighted by molar-refractivity contribution is -0.121. The molecule has 1 amide bonds. The van der Waals surface area contributed by atoms with Crippen LogP contribution in [0.1, 0.15) is 49.1 Å². The van der Waals surface area contributed by atoms with Crippen LogP contribution in [0.4, 0.5) is 0 Å². The molecule has 2 aromatic rings. The third-order valence-electron chi connectivity index (χ3n) is 4.52. The molecule has 2 aromatic heterocycles. The Kier molecular flexibility index (Phi) is 4.84. The molecule has 0 bridgehead atoms. The predicted octanol–water partition coefficient (Wildman–Crippen LogP) is 2.45. The van der Waals surface area contributed by atoms with E-state index in [-0.39, 0.29) is 5.91 Å². The molecule has 1 N–H and O–H groups in total. The van der Waals surface area contributed by atoms with Gasteiger partial charge in [0.15, 0.2) is 0 Å². The number of hydrogen-bond acceptors (Lipinski definition) is 5. The van der Waals surface area contributed by atoms with Crippen LogP contribution in [0.3, 0.4) is 0 Å². The summed E-state index contributed by atoms with van der Waals surface area (Å²) in [6.45, 7) is 3.91. The molecule has 7 heteroatoms. The first-order valence-electron chi connectivity index (χ1n) is 8.14. The summed E-state index contributed by atoms with van der Waals surface area (Å²) < 4.78 is 1.74. The van der Waals surface area contributed by atoms with Gasteiger partial charge >= 0.3 is 0 Å². The molecule has 1 aliphatic rings. The first-order chi connectivity index (χ1) is 11.1. The maximum atomic E-state index is 12.4. The van der Waals surface area contributed by atoms with E-state index < -0.39 is 0 Å². The minimum Gasteiger partial charge on any atom is -0.353 e. The van der Waals surface area contributed by atoms with Crippen molar-refractivity contribution in [2.24, 2.45) is 0 Å². The fraction of sp³-hybridized carbons (Fsp3) is 0.625. The summed E-state index contributed by atoms with van der Waals surface area (Å²) in [7, 11) is 0. The van der Waals surface area contributed by atoms with E-state index in [0.29, 0.717) is 23.4 Å². The third-order valence-corrected chi connectivity index (χ3v) is 5.06. The van der Waals surface area contributed by atoms with Gasteiger partial charge in [0.05, 0.1) is 6.42 Å². The molecule has 1 aliphatic carbocycles. The number of rotatable bonds is 4. The summed E-state index contributed by atoms with van der Waals surface area (Å²) in [5.74, 6) is 0.676. The second kappa shape index (κ2) is 6.86. The smallest absolute Gasteiger partial charge is 0.253 e. The van der Waals surface area contributed by atoms with Crippen LogP contribution in [0.5, 0.6) is 0 Å². The van der Waals surface area contributed by atoms with E-state index in [4.69, 9.17) is 0 Å². The van der Waals surface area contributed by atoms with Gasteiger partial charge in [0.1, 0.15) is 0 Å². The average molecular weight is 333 g/mol. The molecule has 0 spiro atoms. The van der Waals surface area contributed by atoms with Crippen LogP contribution >= 0.6 is 11.8 Å². The Labute approximate surface area is 140 Å². The Morgan fingerprint density at radius 2 is 2.00 bits per heavy atom. The Morgan fingerprint density at radius 1 is 1.26 bits per heavy atom. The number of carbonyl (C=O) groups excluding carboxylic acids is 1. The van der Waals surface area contributed by atoms with Gasteiger partial charge in [0.2, 0.25) is 11.1 Å². The lowest BCUT2D eigenvalue weighted by Crippen LogP contribution is -2.37. The zero-order valence-corrected chi connectivity index (χ0v) is 14.7. The van der Waals surface area contributed by atoms with Crippen LogP contribution in [0.15, 0.2) is 5.16 Å². The highest BCUT2D eigenvalue weighted by Crippen LogP contribution is 2.19. The molecule has 0 radical (unpaired) electrons. The Balaban J connectivity index is 1.79. The van der Waals surface area contributed by atoms with E-state index >= 15 is 0 Å². The molecule has 2 heterocycles. The second-order valence-electron chi connectivity index (χ2n) is 6.15. The van der Waals surface area contributed by atoms with Crippen LogP contribution in [0, 0.1) is 13.8 Å². The van der Waals surface area contributed by atoms with Crippen molar-refractivity contribution in [3.63, 3.8) is 0 Å². The Hall–Kier alpha value is -1.63. The molecule has 0 atom stereocenters. The quantitative estimate of drug-likeness (QED) is 0.870. The molecule has 3 rings (SSSR count). The number of carbonyl (C=O) groups is 1. The zero-order chi connectivity index (χ0) is 16.4. The highest BCUT2D eigenvalue weighted by molar-refractivity contribution is 7.98. The maximum absolute atomic E-state index is 12.4. The van der Waals surface area contributed by atoms with Crippen molar-refractivity contribution in [3.8, 4) is 0 Å². The lowest BCUT2D eigenvalue weighted by atomic mass is 9.95. The van der Waals surface area contributed by atoms with Crippen molar-refractivity contribution >= 4 is 23.4 Å². The van der Waals surface area contributed by atoms with Gasteiger partial charge in [-0.15, -0.1) is 5.10 Å². The van der Waals surface area contributed by atoms with Gasteiger partial charge in [0, 0.05) is 23.0 Å². The van der Waals surface area contributed by atoms with Gasteiger partial charge in [-0.3, -0.25) is 4.79 Å². The summed E-state index contributed by atoms with van der Waals surface area (Å²) in [4.78, 5) is 21.3. The van der Waals surface area contributed by atoms with Gasteiger partial charge in [-0.1, -0.05) is 31.0 Å². The topological polar surface area (TPSA) is 72.2 Å². The van der Waals surface area contributed by atoms with Crippen LogP contribution < -0.4 is 5.32 Å². The van der Waals surface area contributed by atoms with Crippen molar-refractivity contribution < 1.29 is 4.79 Å². The minimum atomic E-state index is 0.0782. The van der Waals surface area contributed by atoms with Crippen molar-refractivity contribution in [1.29, 1.82) is 0 Å². The molecule has 0 aliphatic heterocycles. The molecule has 0 aromatic carbocycles. The fourth-order valence-corrected chi connectivity index (χ4v) is 3.55. The van der Waals surface area contributed by atoms with E-state index in [2.05, 4.69) is 20.4 Å². The summed E-state index contributed by atoms with van der Waals surface area (Å²) in [5.41, 5.74) is 2.75. The number of aryl methyl sites for hydroxylation is 2. The predicted molar refractivity (Wildman–Crippen MR) is 90.8 cm³/mol. The SMILES string of the molecule is CSc1nc2nc(C)c(CC(=O)NC3CCCCC3)c(C)n2n1. The minimum absolute atomic E-state index is 0.0782. The molecule has 1 saturated carbocycles. The molecular weight excluding hydrogens is 310 g/mol. The van der Waals surface area contributed by atoms with E-state index in [0.717, 1.165) is 29.8 Å². The molecule has 1 fully saturated rings. The number of nitrogens with one attached hydrogen (secondary N) is 1. The lowest BCUT2D eigenvalue weighted by Gasteiger charge is -2.23. The first kappa shape index (κ1) is 16.2. The molecule has 23 heavy (non-hydrogen) atoms. The van der Waals surface area contributed by atoms with Gasteiger partial charge in [-0.05, 0) is 32.9 Å². The van der Waals surface area contributed by atoms with Gasteiger partial charge < -0.3 is 5.32 Å². The highest BCUT2D eigenvalue weighted by atomic mass is 32.2. The summed E-state index contributed by atoms with van der Waals surface area (Å²) >= 11 is 1.49.